The molecular weight excluding hydrogens is 276 g/mol. The molecule has 1 rings (SSSR count). The molecule has 0 aromatic heterocycles. The third-order valence-corrected chi connectivity index (χ3v) is 3.11. The molecule has 6 heteroatoms. The molecule has 1 aromatic carbocycles. The molecule has 0 amide bonds. The third kappa shape index (κ3) is 6.46. The standard InChI is InChI=1S/C15H22O6/c16-10-11(17)5-3-1-2-4-8-21-12-6-7-13(15(19)20)14(18)9-12/h6-7,9,11,16-18H,1-5,8,10H2,(H,19,20). The number of hydrogen-bond donors (Lipinski definition) is 4. The van der Waals surface area contributed by atoms with E-state index in [1.807, 2.05) is 0 Å². The lowest BCUT2D eigenvalue weighted by Gasteiger charge is -2.08. The molecule has 0 aliphatic heterocycles. The fourth-order valence-electron chi connectivity index (χ4n) is 1.90. The zero-order valence-corrected chi connectivity index (χ0v) is 11.9. The largest absolute Gasteiger partial charge is 0.507 e. The molecule has 1 aromatic rings. The van der Waals surface area contributed by atoms with Crippen molar-refractivity contribution in [3.05, 3.63) is 23.8 Å². The summed E-state index contributed by atoms with van der Waals surface area (Å²) in [6.45, 7) is 0.285. The van der Waals surface area contributed by atoms with Gasteiger partial charge in [0.1, 0.15) is 17.1 Å². The van der Waals surface area contributed by atoms with E-state index in [0.717, 1.165) is 25.7 Å². The Bertz CT molecular complexity index is 446. The van der Waals surface area contributed by atoms with Crippen LogP contribution in [0.2, 0.25) is 0 Å². The smallest absolute Gasteiger partial charge is 0.339 e. The van der Waals surface area contributed by atoms with Gasteiger partial charge in [-0.1, -0.05) is 19.3 Å². The summed E-state index contributed by atoms with van der Waals surface area (Å²) in [5.41, 5.74) is -0.148. The number of hydrogen-bond acceptors (Lipinski definition) is 5. The minimum Gasteiger partial charge on any atom is -0.507 e. The van der Waals surface area contributed by atoms with Crippen molar-refractivity contribution in [2.45, 2.75) is 38.2 Å². The summed E-state index contributed by atoms with van der Waals surface area (Å²) < 4.78 is 5.43. The van der Waals surface area contributed by atoms with Crippen LogP contribution in [-0.4, -0.2) is 45.7 Å². The Morgan fingerprint density at radius 1 is 1.19 bits per heavy atom. The van der Waals surface area contributed by atoms with Gasteiger partial charge in [-0.15, -0.1) is 0 Å². The maximum Gasteiger partial charge on any atom is 0.339 e. The fourth-order valence-corrected chi connectivity index (χ4v) is 1.90. The van der Waals surface area contributed by atoms with E-state index in [1.54, 1.807) is 0 Å². The molecule has 21 heavy (non-hydrogen) atoms. The second kappa shape index (κ2) is 9.20. The van der Waals surface area contributed by atoms with Gasteiger partial charge in [-0.2, -0.15) is 0 Å². The van der Waals surface area contributed by atoms with E-state index in [9.17, 15) is 9.90 Å². The number of carboxylic acid groups (broad SMARTS) is 1. The number of unbranched alkanes of at least 4 members (excludes halogenated alkanes) is 3. The van der Waals surface area contributed by atoms with Crippen molar-refractivity contribution in [3.8, 4) is 11.5 Å². The molecule has 0 fully saturated rings. The van der Waals surface area contributed by atoms with Crippen LogP contribution < -0.4 is 4.74 Å². The predicted molar refractivity (Wildman–Crippen MR) is 76.7 cm³/mol. The van der Waals surface area contributed by atoms with E-state index < -0.39 is 12.1 Å². The van der Waals surface area contributed by atoms with Crippen LogP contribution in [0.15, 0.2) is 18.2 Å². The van der Waals surface area contributed by atoms with Gasteiger partial charge in [0.2, 0.25) is 0 Å². The molecule has 0 radical (unpaired) electrons. The second-order valence-corrected chi connectivity index (χ2v) is 4.87. The number of benzene rings is 1. The number of aromatic hydroxyl groups is 1. The van der Waals surface area contributed by atoms with Crippen LogP contribution in [0.4, 0.5) is 0 Å². The van der Waals surface area contributed by atoms with Gasteiger partial charge < -0.3 is 25.2 Å². The second-order valence-electron chi connectivity index (χ2n) is 4.87. The number of rotatable bonds is 10. The first-order valence-electron chi connectivity index (χ1n) is 7.02. The lowest BCUT2D eigenvalue weighted by Crippen LogP contribution is -2.11. The molecular formula is C15H22O6. The van der Waals surface area contributed by atoms with E-state index in [4.69, 9.17) is 20.1 Å². The molecule has 0 aliphatic rings. The van der Waals surface area contributed by atoms with Crippen LogP contribution in [0.5, 0.6) is 11.5 Å². The number of phenols is 1. The van der Waals surface area contributed by atoms with E-state index >= 15 is 0 Å². The van der Waals surface area contributed by atoms with Crippen LogP contribution in [-0.2, 0) is 0 Å². The minimum atomic E-state index is -1.18. The third-order valence-electron chi connectivity index (χ3n) is 3.11. The van der Waals surface area contributed by atoms with Gasteiger partial charge in [-0.05, 0) is 25.0 Å². The number of carbonyl (C=O) groups is 1. The van der Waals surface area contributed by atoms with Crippen molar-refractivity contribution in [2.75, 3.05) is 13.2 Å². The van der Waals surface area contributed by atoms with Crippen LogP contribution in [0.25, 0.3) is 0 Å². The van der Waals surface area contributed by atoms with E-state index in [2.05, 4.69) is 0 Å². The lowest BCUT2D eigenvalue weighted by atomic mass is 10.1. The van der Waals surface area contributed by atoms with Crippen LogP contribution >= 0.6 is 0 Å². The summed E-state index contributed by atoms with van der Waals surface area (Å²) in [6.07, 6.45) is 3.55. The average molecular weight is 298 g/mol. The summed E-state index contributed by atoms with van der Waals surface area (Å²) in [5.74, 6) is -1.05. The molecule has 118 valence electrons. The summed E-state index contributed by atoms with van der Waals surface area (Å²) in [5, 5.41) is 36.1. The normalized spacial score (nSPS) is 12.1. The monoisotopic (exact) mass is 298 g/mol. The van der Waals surface area contributed by atoms with Crippen molar-refractivity contribution >= 4 is 5.97 Å². The quantitative estimate of drug-likeness (QED) is 0.490. The summed E-state index contributed by atoms with van der Waals surface area (Å²) in [4.78, 5) is 10.7. The van der Waals surface area contributed by atoms with E-state index in [-0.39, 0.29) is 17.9 Å². The number of aliphatic hydroxyl groups excluding tert-OH is 2. The molecule has 0 heterocycles. The van der Waals surface area contributed by atoms with Gasteiger partial charge in [-0.3, -0.25) is 0 Å². The highest BCUT2D eigenvalue weighted by Gasteiger charge is 2.09. The fraction of sp³-hybridized carbons (Fsp3) is 0.533. The molecule has 0 saturated carbocycles. The van der Waals surface area contributed by atoms with Gasteiger partial charge in [0, 0.05) is 6.07 Å². The minimum absolute atomic E-state index is 0.148. The van der Waals surface area contributed by atoms with Gasteiger partial charge in [0.25, 0.3) is 0 Å². The molecule has 0 saturated heterocycles. The van der Waals surface area contributed by atoms with Crippen molar-refractivity contribution in [3.63, 3.8) is 0 Å². The van der Waals surface area contributed by atoms with E-state index in [1.165, 1.54) is 18.2 Å². The Morgan fingerprint density at radius 3 is 2.52 bits per heavy atom. The van der Waals surface area contributed by atoms with E-state index in [0.29, 0.717) is 18.8 Å². The number of aromatic carboxylic acids is 1. The highest BCUT2D eigenvalue weighted by molar-refractivity contribution is 5.90. The van der Waals surface area contributed by atoms with Crippen LogP contribution in [0.1, 0.15) is 42.5 Å². The Hall–Kier alpha value is -1.79. The highest BCUT2D eigenvalue weighted by Crippen LogP contribution is 2.23. The Kier molecular flexibility index (Phi) is 7.56. The number of aliphatic hydroxyl groups is 2. The molecule has 6 nitrogen and oxygen atoms in total. The first-order valence-corrected chi connectivity index (χ1v) is 7.02. The molecule has 0 spiro atoms. The predicted octanol–water partition coefficient (Wildman–Crippen LogP) is 1.77. The van der Waals surface area contributed by atoms with Crippen molar-refractivity contribution in [2.24, 2.45) is 0 Å². The maximum atomic E-state index is 10.7. The number of carboxylic acids is 1. The zero-order valence-electron chi connectivity index (χ0n) is 11.9. The van der Waals surface area contributed by atoms with Gasteiger partial charge in [-0.25, -0.2) is 4.79 Å². The Balaban J connectivity index is 2.18. The molecule has 0 bridgehead atoms. The Labute approximate surface area is 123 Å². The summed E-state index contributed by atoms with van der Waals surface area (Å²) in [6, 6.07) is 4.12. The van der Waals surface area contributed by atoms with Gasteiger partial charge in [0.05, 0.1) is 19.3 Å². The lowest BCUT2D eigenvalue weighted by molar-refractivity contribution is 0.0693. The molecule has 0 aliphatic carbocycles. The SMILES string of the molecule is O=C(O)c1ccc(OCCCCCCC(O)CO)cc1O. The number of ether oxygens (including phenoxy) is 1. The topological polar surface area (TPSA) is 107 Å². The molecule has 1 unspecified atom stereocenters. The van der Waals surface area contributed by atoms with Crippen molar-refractivity contribution < 1.29 is 30.0 Å². The van der Waals surface area contributed by atoms with Crippen molar-refractivity contribution in [1.29, 1.82) is 0 Å². The Morgan fingerprint density at radius 2 is 1.90 bits per heavy atom. The zero-order chi connectivity index (χ0) is 15.7. The van der Waals surface area contributed by atoms with Gasteiger partial charge >= 0.3 is 5.97 Å². The summed E-state index contributed by atoms with van der Waals surface area (Å²) >= 11 is 0. The first kappa shape index (κ1) is 17.3. The van der Waals surface area contributed by atoms with Gasteiger partial charge in [0.15, 0.2) is 0 Å². The first-order chi connectivity index (χ1) is 10.0. The summed E-state index contributed by atoms with van der Waals surface area (Å²) in [7, 11) is 0. The van der Waals surface area contributed by atoms with Crippen LogP contribution in [0, 0.1) is 0 Å². The maximum absolute atomic E-state index is 10.7. The average Bonchev–Trinajstić information content (AvgIpc) is 2.45. The highest BCUT2D eigenvalue weighted by atomic mass is 16.5. The molecule has 1 atom stereocenters. The van der Waals surface area contributed by atoms with Crippen LogP contribution in [0.3, 0.4) is 0 Å². The van der Waals surface area contributed by atoms with Crippen molar-refractivity contribution in [1.82, 2.24) is 0 Å². The molecule has 4 N–H and O–H groups in total.